The Kier molecular flexibility index (Phi) is 4.61. The number of nitrogens with one attached hydrogen (secondary N) is 2. The number of aromatic nitrogens is 2. The van der Waals surface area contributed by atoms with Crippen molar-refractivity contribution in [3.05, 3.63) is 71.5 Å². The molecule has 6 rings (SSSR count). The van der Waals surface area contributed by atoms with Gasteiger partial charge in [-0.1, -0.05) is 36.4 Å². The van der Waals surface area contributed by atoms with Crippen molar-refractivity contribution in [1.29, 1.82) is 0 Å². The van der Waals surface area contributed by atoms with Crippen molar-refractivity contribution < 1.29 is 14.3 Å². The molecule has 174 valence electrons. The molecule has 2 aliphatic rings. The zero-order chi connectivity index (χ0) is 23.6. The first-order valence-electron chi connectivity index (χ1n) is 11.7. The fourth-order valence-electron chi connectivity index (χ4n) is 6.03. The highest BCUT2D eigenvalue weighted by Gasteiger charge is 2.56. The van der Waals surface area contributed by atoms with Crippen LogP contribution in [0.1, 0.15) is 30.7 Å². The van der Waals surface area contributed by atoms with E-state index < -0.39 is 17.7 Å². The van der Waals surface area contributed by atoms with Crippen LogP contribution in [-0.2, 0) is 33.7 Å². The number of para-hydroxylation sites is 2. The Morgan fingerprint density at radius 2 is 1.82 bits per heavy atom. The van der Waals surface area contributed by atoms with E-state index in [0.29, 0.717) is 19.4 Å². The molecule has 7 heteroatoms. The summed E-state index contributed by atoms with van der Waals surface area (Å²) in [5.41, 5.74) is 4.80. The molecule has 1 fully saturated rings. The molecule has 2 aromatic heterocycles. The van der Waals surface area contributed by atoms with Gasteiger partial charge in [0.05, 0.1) is 18.8 Å². The molecule has 0 bridgehead atoms. The molecule has 0 spiro atoms. The van der Waals surface area contributed by atoms with Gasteiger partial charge in [-0.05, 0) is 43.5 Å². The first-order valence-corrected chi connectivity index (χ1v) is 11.7. The maximum atomic E-state index is 13.9. The van der Waals surface area contributed by atoms with E-state index >= 15 is 0 Å². The number of rotatable bonds is 4. The van der Waals surface area contributed by atoms with Crippen molar-refractivity contribution >= 4 is 33.7 Å². The van der Waals surface area contributed by atoms with E-state index in [2.05, 4.69) is 27.0 Å². The van der Waals surface area contributed by atoms with E-state index in [1.807, 2.05) is 56.4 Å². The molecule has 2 N–H and O–H groups in total. The van der Waals surface area contributed by atoms with E-state index in [1.165, 1.54) is 18.1 Å². The predicted molar refractivity (Wildman–Crippen MR) is 130 cm³/mol. The quantitative estimate of drug-likeness (QED) is 0.459. The zero-order valence-electron chi connectivity index (χ0n) is 19.6. The van der Waals surface area contributed by atoms with Crippen molar-refractivity contribution in [1.82, 2.24) is 19.8 Å². The Bertz CT molecular complexity index is 1430. The molecular weight excluding hydrogens is 428 g/mol. The summed E-state index contributed by atoms with van der Waals surface area (Å²) in [4.78, 5) is 37.8. The summed E-state index contributed by atoms with van der Waals surface area (Å²) in [5, 5.41) is 2.23. The van der Waals surface area contributed by atoms with Gasteiger partial charge in [-0.2, -0.15) is 0 Å². The molecule has 0 aliphatic carbocycles. The zero-order valence-corrected chi connectivity index (χ0v) is 19.6. The predicted octanol–water partition coefficient (Wildman–Crippen LogP) is 3.74. The first-order chi connectivity index (χ1) is 16.4. The van der Waals surface area contributed by atoms with Crippen LogP contribution in [0.5, 0.6) is 0 Å². The van der Waals surface area contributed by atoms with Gasteiger partial charge in [0.25, 0.3) is 0 Å². The van der Waals surface area contributed by atoms with E-state index in [0.717, 1.165) is 27.7 Å². The number of aromatic amines is 2. The minimum Gasteiger partial charge on any atom is -0.467 e. The second-order valence-electron chi connectivity index (χ2n) is 9.78. The highest BCUT2D eigenvalue weighted by atomic mass is 16.5. The standard InChI is InChI=1S/C27H28N4O3/c1-27(2)30-15-22-19(18-9-5-7-11-21(18)29-22)13-23(30)25(32)31(27)24(26(33)34-3)12-16-14-28-20-10-6-4-8-17(16)20/h4-11,14,23-24,28-29H,12-13,15H2,1-3H3/t23-,24-/m0/s1. The van der Waals surface area contributed by atoms with Gasteiger partial charge < -0.3 is 19.6 Å². The monoisotopic (exact) mass is 456 g/mol. The Labute approximate surface area is 197 Å². The van der Waals surface area contributed by atoms with Gasteiger partial charge in [-0.15, -0.1) is 0 Å². The number of ether oxygens (including phenoxy) is 1. The number of esters is 1. The molecular formula is C27H28N4O3. The fourth-order valence-corrected chi connectivity index (χ4v) is 6.03. The number of amides is 1. The van der Waals surface area contributed by atoms with Gasteiger partial charge in [0, 0.05) is 46.7 Å². The van der Waals surface area contributed by atoms with Crippen LogP contribution in [0, 0.1) is 0 Å². The van der Waals surface area contributed by atoms with Gasteiger partial charge in [-0.25, -0.2) is 4.79 Å². The lowest BCUT2D eigenvalue weighted by atomic mass is 9.96. The van der Waals surface area contributed by atoms with Gasteiger partial charge >= 0.3 is 5.97 Å². The van der Waals surface area contributed by atoms with Gasteiger partial charge in [0.1, 0.15) is 6.04 Å². The second kappa shape index (κ2) is 7.46. The largest absolute Gasteiger partial charge is 0.467 e. The summed E-state index contributed by atoms with van der Waals surface area (Å²) in [6, 6.07) is 15.2. The summed E-state index contributed by atoms with van der Waals surface area (Å²) in [5.74, 6) is -0.410. The van der Waals surface area contributed by atoms with E-state index in [4.69, 9.17) is 4.74 Å². The molecule has 7 nitrogen and oxygen atoms in total. The Balaban J connectivity index is 1.38. The van der Waals surface area contributed by atoms with Crippen molar-refractivity contribution in [3.8, 4) is 0 Å². The Morgan fingerprint density at radius 1 is 1.12 bits per heavy atom. The first kappa shape index (κ1) is 21.0. The molecule has 0 radical (unpaired) electrons. The van der Waals surface area contributed by atoms with Gasteiger partial charge in [0.2, 0.25) is 5.91 Å². The summed E-state index contributed by atoms with van der Waals surface area (Å²) in [6.45, 7) is 4.69. The smallest absolute Gasteiger partial charge is 0.328 e. The minimum atomic E-state index is -0.715. The number of benzene rings is 2. The van der Waals surface area contributed by atoms with E-state index in [9.17, 15) is 9.59 Å². The van der Waals surface area contributed by atoms with Crippen LogP contribution in [0.15, 0.2) is 54.7 Å². The summed E-state index contributed by atoms with van der Waals surface area (Å²) >= 11 is 0. The lowest BCUT2D eigenvalue weighted by Gasteiger charge is -2.42. The Hall–Kier alpha value is -3.58. The number of hydrogen-bond acceptors (Lipinski definition) is 4. The molecule has 0 saturated carbocycles. The molecule has 0 unspecified atom stereocenters. The normalized spacial score (nSPS) is 20.5. The van der Waals surface area contributed by atoms with Crippen LogP contribution in [0.2, 0.25) is 0 Å². The molecule has 2 aliphatic heterocycles. The third-order valence-corrected chi connectivity index (χ3v) is 7.69. The number of fused-ring (bicyclic) bond motifs is 5. The number of hydrogen-bond donors (Lipinski definition) is 2. The van der Waals surface area contributed by atoms with Crippen molar-refractivity contribution in [2.75, 3.05) is 7.11 Å². The lowest BCUT2D eigenvalue weighted by Crippen LogP contribution is -2.56. The summed E-state index contributed by atoms with van der Waals surface area (Å²) in [7, 11) is 1.39. The average molecular weight is 457 g/mol. The van der Waals surface area contributed by atoms with Crippen LogP contribution in [0.4, 0.5) is 0 Å². The summed E-state index contributed by atoms with van der Waals surface area (Å²) < 4.78 is 5.22. The maximum Gasteiger partial charge on any atom is 0.328 e. The second-order valence-corrected chi connectivity index (χ2v) is 9.78. The number of H-pyrrole nitrogens is 2. The van der Waals surface area contributed by atoms with Crippen LogP contribution < -0.4 is 0 Å². The average Bonchev–Trinajstić information content (AvgIpc) is 3.47. The number of nitrogens with zero attached hydrogens (tertiary/aromatic N) is 2. The maximum absolute atomic E-state index is 13.9. The highest BCUT2D eigenvalue weighted by Crippen LogP contribution is 2.42. The third kappa shape index (κ3) is 2.93. The number of carbonyl (C=O) groups excluding carboxylic acids is 2. The van der Waals surface area contributed by atoms with Crippen LogP contribution in [-0.4, -0.2) is 56.5 Å². The van der Waals surface area contributed by atoms with Crippen LogP contribution in [0.3, 0.4) is 0 Å². The molecule has 4 aromatic rings. The molecule has 1 saturated heterocycles. The Morgan fingerprint density at radius 3 is 2.59 bits per heavy atom. The van der Waals surface area contributed by atoms with Crippen LogP contribution in [0.25, 0.3) is 21.8 Å². The summed E-state index contributed by atoms with van der Waals surface area (Å²) in [6.07, 6.45) is 2.94. The molecule has 4 heterocycles. The SMILES string of the molecule is COC(=O)[C@H](Cc1c[nH]c2ccccc12)N1C(=O)[C@@H]2Cc3c([nH]c4ccccc34)CN2C1(C)C. The lowest BCUT2D eigenvalue weighted by molar-refractivity contribution is -0.155. The highest BCUT2D eigenvalue weighted by molar-refractivity contribution is 5.93. The molecule has 2 aromatic carbocycles. The minimum absolute atomic E-state index is 0.0174. The topological polar surface area (TPSA) is 81.4 Å². The fraction of sp³-hybridized carbons (Fsp3) is 0.333. The molecule has 1 amide bonds. The number of methoxy groups -OCH3 is 1. The van der Waals surface area contributed by atoms with Crippen LogP contribution >= 0.6 is 0 Å². The number of carbonyl (C=O) groups is 2. The van der Waals surface area contributed by atoms with Crippen molar-refractivity contribution in [3.63, 3.8) is 0 Å². The van der Waals surface area contributed by atoms with Crippen molar-refractivity contribution in [2.24, 2.45) is 0 Å². The van der Waals surface area contributed by atoms with Crippen molar-refractivity contribution in [2.45, 2.75) is 51.0 Å². The van der Waals surface area contributed by atoms with E-state index in [-0.39, 0.29) is 11.9 Å². The molecule has 34 heavy (non-hydrogen) atoms. The van der Waals surface area contributed by atoms with E-state index in [1.54, 1.807) is 4.90 Å². The molecule has 2 atom stereocenters. The third-order valence-electron chi connectivity index (χ3n) is 7.69. The van der Waals surface area contributed by atoms with Gasteiger partial charge in [0.15, 0.2) is 0 Å². The van der Waals surface area contributed by atoms with Gasteiger partial charge in [-0.3, -0.25) is 9.69 Å².